The van der Waals surface area contributed by atoms with E-state index in [-0.39, 0.29) is 11.8 Å². The molecule has 0 aliphatic heterocycles. The lowest BCUT2D eigenvalue weighted by Crippen LogP contribution is -2.26. The van der Waals surface area contributed by atoms with E-state index in [1.54, 1.807) is 19.1 Å². The van der Waals surface area contributed by atoms with Gasteiger partial charge in [0.1, 0.15) is 0 Å². The number of hydrogen-bond donors (Lipinski definition) is 3. The standard InChI is InChI=1S/C28H27N3O2/c1-20(17-21-7-3-2-4-8-21)27(32)31-18-22-11-13-23(14-12-22)28(33)29-16-15-24-19-30-26-10-6-5-9-25(24)26/h2-14,17,19,30H,15-16,18H2,1H3,(H,29,33)(H,31,32). The molecule has 0 saturated heterocycles. The fourth-order valence-corrected chi connectivity index (χ4v) is 3.71. The predicted octanol–water partition coefficient (Wildman–Crippen LogP) is 4.86. The van der Waals surface area contributed by atoms with Crippen molar-refractivity contribution in [2.75, 3.05) is 6.54 Å². The fourth-order valence-electron chi connectivity index (χ4n) is 3.71. The Hall–Kier alpha value is -4.12. The van der Waals surface area contributed by atoms with Crippen molar-refractivity contribution in [2.45, 2.75) is 19.9 Å². The van der Waals surface area contributed by atoms with E-state index in [9.17, 15) is 9.59 Å². The van der Waals surface area contributed by atoms with Crippen LogP contribution < -0.4 is 10.6 Å². The molecule has 3 aromatic carbocycles. The third-order valence-corrected chi connectivity index (χ3v) is 5.56. The minimum absolute atomic E-state index is 0.105. The summed E-state index contributed by atoms with van der Waals surface area (Å²) in [6, 6.07) is 25.2. The van der Waals surface area contributed by atoms with Crippen LogP contribution in [0.1, 0.15) is 34.0 Å². The van der Waals surface area contributed by atoms with Gasteiger partial charge in [-0.15, -0.1) is 0 Å². The number of fused-ring (bicyclic) bond motifs is 1. The molecule has 5 nitrogen and oxygen atoms in total. The van der Waals surface area contributed by atoms with Crippen LogP contribution in [0.5, 0.6) is 0 Å². The monoisotopic (exact) mass is 437 g/mol. The van der Waals surface area contributed by atoms with Gasteiger partial charge >= 0.3 is 0 Å². The molecule has 0 aliphatic carbocycles. The minimum Gasteiger partial charge on any atom is -0.361 e. The van der Waals surface area contributed by atoms with Crippen molar-refractivity contribution in [2.24, 2.45) is 0 Å². The SMILES string of the molecule is CC(=Cc1ccccc1)C(=O)NCc1ccc(C(=O)NCCc2c[nH]c3ccccc23)cc1. The predicted molar refractivity (Wildman–Crippen MR) is 133 cm³/mol. The van der Waals surface area contributed by atoms with E-state index in [4.69, 9.17) is 0 Å². The summed E-state index contributed by atoms with van der Waals surface area (Å²) in [4.78, 5) is 28.1. The molecular weight excluding hydrogens is 410 g/mol. The number of carbonyl (C=O) groups is 2. The second kappa shape index (κ2) is 10.5. The Kier molecular flexibility index (Phi) is 7.00. The van der Waals surface area contributed by atoms with E-state index in [1.807, 2.05) is 72.9 Å². The van der Waals surface area contributed by atoms with Gasteiger partial charge in [0.25, 0.3) is 5.91 Å². The molecule has 0 saturated carbocycles. The van der Waals surface area contributed by atoms with Crippen molar-refractivity contribution in [1.29, 1.82) is 0 Å². The van der Waals surface area contributed by atoms with Crippen molar-refractivity contribution >= 4 is 28.8 Å². The normalized spacial score (nSPS) is 11.4. The summed E-state index contributed by atoms with van der Waals surface area (Å²) in [5.41, 5.74) is 5.47. The zero-order valence-corrected chi connectivity index (χ0v) is 18.6. The lowest BCUT2D eigenvalue weighted by atomic mass is 10.1. The number of nitrogens with one attached hydrogen (secondary N) is 3. The van der Waals surface area contributed by atoms with E-state index in [2.05, 4.69) is 21.7 Å². The zero-order valence-electron chi connectivity index (χ0n) is 18.6. The topological polar surface area (TPSA) is 74.0 Å². The van der Waals surface area contributed by atoms with Gasteiger partial charge in [-0.1, -0.05) is 60.7 Å². The maximum absolute atomic E-state index is 12.5. The molecule has 4 rings (SSSR count). The van der Waals surface area contributed by atoms with Crippen molar-refractivity contribution < 1.29 is 9.59 Å². The van der Waals surface area contributed by atoms with Crippen LogP contribution in [0.15, 0.2) is 90.6 Å². The van der Waals surface area contributed by atoms with E-state index >= 15 is 0 Å². The van der Waals surface area contributed by atoms with Gasteiger partial charge in [0.15, 0.2) is 0 Å². The average molecular weight is 438 g/mol. The van der Waals surface area contributed by atoms with Gasteiger partial charge in [-0.3, -0.25) is 9.59 Å². The maximum atomic E-state index is 12.5. The maximum Gasteiger partial charge on any atom is 0.251 e. The number of rotatable bonds is 8. The third kappa shape index (κ3) is 5.77. The fraction of sp³-hybridized carbons (Fsp3) is 0.143. The molecular formula is C28H27N3O2. The van der Waals surface area contributed by atoms with Gasteiger partial charge in [-0.05, 0) is 54.3 Å². The van der Waals surface area contributed by atoms with Crippen LogP contribution in [-0.2, 0) is 17.8 Å². The van der Waals surface area contributed by atoms with Crippen LogP contribution in [0.3, 0.4) is 0 Å². The molecule has 0 spiro atoms. The minimum atomic E-state index is -0.113. The average Bonchev–Trinajstić information content (AvgIpc) is 3.26. The van der Waals surface area contributed by atoms with Crippen LogP contribution in [0.4, 0.5) is 0 Å². The number of hydrogen-bond acceptors (Lipinski definition) is 2. The van der Waals surface area contributed by atoms with E-state index in [0.29, 0.717) is 24.2 Å². The molecule has 0 aliphatic rings. The lowest BCUT2D eigenvalue weighted by molar-refractivity contribution is -0.117. The largest absolute Gasteiger partial charge is 0.361 e. The number of H-pyrrole nitrogens is 1. The van der Waals surface area contributed by atoms with Gasteiger partial charge in [0, 0.05) is 41.3 Å². The number of aromatic amines is 1. The molecule has 4 aromatic rings. The highest BCUT2D eigenvalue weighted by atomic mass is 16.2. The van der Waals surface area contributed by atoms with Gasteiger partial charge in [-0.2, -0.15) is 0 Å². The molecule has 1 heterocycles. The quantitative estimate of drug-likeness (QED) is 0.345. The van der Waals surface area contributed by atoms with Crippen LogP contribution in [0.2, 0.25) is 0 Å². The van der Waals surface area contributed by atoms with E-state index in [1.165, 1.54) is 10.9 Å². The van der Waals surface area contributed by atoms with Gasteiger partial charge < -0.3 is 15.6 Å². The first kappa shape index (κ1) is 22.1. The molecule has 2 amide bonds. The van der Waals surface area contributed by atoms with E-state index in [0.717, 1.165) is 23.1 Å². The molecule has 33 heavy (non-hydrogen) atoms. The molecule has 0 atom stereocenters. The van der Waals surface area contributed by atoms with Gasteiger partial charge in [0.2, 0.25) is 5.91 Å². The Morgan fingerprint density at radius 3 is 2.39 bits per heavy atom. The highest BCUT2D eigenvalue weighted by Crippen LogP contribution is 2.17. The number of carbonyl (C=O) groups excluding carboxylic acids is 2. The molecule has 5 heteroatoms. The highest BCUT2D eigenvalue weighted by Gasteiger charge is 2.08. The molecule has 0 radical (unpaired) electrons. The molecule has 3 N–H and O–H groups in total. The summed E-state index contributed by atoms with van der Waals surface area (Å²) in [5, 5.41) is 7.09. The second-order valence-corrected chi connectivity index (χ2v) is 7.98. The second-order valence-electron chi connectivity index (χ2n) is 7.98. The first-order chi connectivity index (χ1) is 16.1. The number of para-hydroxylation sites is 1. The smallest absolute Gasteiger partial charge is 0.251 e. The summed E-state index contributed by atoms with van der Waals surface area (Å²) in [6.07, 6.45) is 4.62. The lowest BCUT2D eigenvalue weighted by Gasteiger charge is -2.08. The Labute approximate surface area is 193 Å². The Balaban J connectivity index is 1.25. The zero-order chi connectivity index (χ0) is 23.0. The van der Waals surface area contributed by atoms with Crippen molar-refractivity contribution in [3.05, 3.63) is 113 Å². The first-order valence-electron chi connectivity index (χ1n) is 11.0. The van der Waals surface area contributed by atoms with Crippen molar-refractivity contribution in [1.82, 2.24) is 15.6 Å². The summed E-state index contributed by atoms with van der Waals surface area (Å²) in [7, 11) is 0. The molecule has 0 bridgehead atoms. The first-order valence-corrected chi connectivity index (χ1v) is 11.0. The van der Waals surface area contributed by atoms with Crippen molar-refractivity contribution in [3.8, 4) is 0 Å². The summed E-state index contributed by atoms with van der Waals surface area (Å²) in [6.45, 7) is 2.76. The number of amides is 2. The van der Waals surface area contributed by atoms with E-state index < -0.39 is 0 Å². The summed E-state index contributed by atoms with van der Waals surface area (Å²) >= 11 is 0. The van der Waals surface area contributed by atoms with Crippen LogP contribution in [0, 0.1) is 0 Å². The Morgan fingerprint density at radius 1 is 0.879 bits per heavy atom. The van der Waals surface area contributed by atoms with Crippen LogP contribution in [-0.4, -0.2) is 23.3 Å². The van der Waals surface area contributed by atoms with Gasteiger partial charge in [0.05, 0.1) is 0 Å². The Bertz CT molecular complexity index is 1270. The number of aromatic nitrogens is 1. The Morgan fingerprint density at radius 2 is 1.61 bits per heavy atom. The molecule has 166 valence electrons. The molecule has 1 aromatic heterocycles. The molecule has 0 fully saturated rings. The third-order valence-electron chi connectivity index (χ3n) is 5.56. The van der Waals surface area contributed by atoms with Gasteiger partial charge in [-0.25, -0.2) is 0 Å². The van der Waals surface area contributed by atoms with Crippen LogP contribution >= 0.6 is 0 Å². The summed E-state index contributed by atoms with van der Waals surface area (Å²) < 4.78 is 0. The number of benzene rings is 3. The highest BCUT2D eigenvalue weighted by molar-refractivity contribution is 5.97. The van der Waals surface area contributed by atoms with Crippen LogP contribution in [0.25, 0.3) is 17.0 Å². The molecule has 0 unspecified atom stereocenters. The summed E-state index contributed by atoms with van der Waals surface area (Å²) in [5.74, 6) is -0.218. The van der Waals surface area contributed by atoms with Crippen molar-refractivity contribution in [3.63, 3.8) is 0 Å².